The first kappa shape index (κ1) is 20.4. The highest BCUT2D eigenvalue weighted by Gasteiger charge is 2.17. The molecule has 0 bridgehead atoms. The Morgan fingerprint density at radius 1 is 1.42 bits per heavy atom. The van der Waals surface area contributed by atoms with E-state index in [0.29, 0.717) is 21.3 Å². The normalized spacial score (nSPS) is 12.2. The number of hydrogen-bond acceptors (Lipinski definition) is 7. The summed E-state index contributed by atoms with van der Waals surface area (Å²) < 4.78 is 4.46. The molecule has 26 heavy (non-hydrogen) atoms. The number of esters is 1. The number of thiophene rings is 1. The number of carbonyl (C=O) groups is 2. The summed E-state index contributed by atoms with van der Waals surface area (Å²) in [4.78, 5) is 44.3. The minimum absolute atomic E-state index is 0.0511. The largest absolute Gasteiger partial charge is 0.468 e. The summed E-state index contributed by atoms with van der Waals surface area (Å²) in [5.41, 5.74) is 0.899. The van der Waals surface area contributed by atoms with Gasteiger partial charge in [0.05, 0.1) is 18.2 Å². The molecule has 2 heterocycles. The van der Waals surface area contributed by atoms with E-state index < -0.39 is 5.97 Å². The molecule has 0 radical (unpaired) electrons. The molecule has 142 valence electrons. The van der Waals surface area contributed by atoms with E-state index >= 15 is 0 Å². The van der Waals surface area contributed by atoms with Gasteiger partial charge in [-0.2, -0.15) is 0 Å². The van der Waals surface area contributed by atoms with Crippen LogP contribution in [0, 0.1) is 12.8 Å². The van der Waals surface area contributed by atoms with Crippen molar-refractivity contribution in [2.24, 2.45) is 5.92 Å². The number of methoxy groups -OCH3 is 1. The van der Waals surface area contributed by atoms with Crippen LogP contribution in [0.2, 0.25) is 0 Å². The maximum Gasteiger partial charge on any atom is 0.325 e. The van der Waals surface area contributed by atoms with Gasteiger partial charge in [0.25, 0.3) is 5.56 Å². The number of thioether (sulfide) groups is 1. The predicted molar refractivity (Wildman–Crippen MR) is 104 cm³/mol. The number of nitrogens with one attached hydrogen (secondary N) is 2. The first-order valence-corrected chi connectivity index (χ1v) is 10.1. The first-order chi connectivity index (χ1) is 12.3. The van der Waals surface area contributed by atoms with Crippen molar-refractivity contribution in [2.45, 2.75) is 38.8 Å². The van der Waals surface area contributed by atoms with E-state index in [0.717, 1.165) is 35.0 Å². The number of H-pyrrole nitrogens is 1. The highest BCUT2D eigenvalue weighted by atomic mass is 32.2. The van der Waals surface area contributed by atoms with Crippen LogP contribution in [0.15, 0.2) is 9.95 Å². The number of aromatic amines is 1. The first-order valence-electron chi connectivity index (χ1n) is 8.34. The lowest BCUT2D eigenvalue weighted by Gasteiger charge is -2.08. The molecule has 0 saturated carbocycles. The average molecular weight is 398 g/mol. The van der Waals surface area contributed by atoms with Crippen LogP contribution in [0.4, 0.5) is 0 Å². The molecule has 1 atom stereocenters. The Morgan fingerprint density at radius 3 is 2.81 bits per heavy atom. The number of rotatable bonds is 8. The molecule has 2 aromatic rings. The lowest BCUT2D eigenvalue weighted by molar-refractivity contribution is -0.140. The fraction of sp³-hybridized carbons (Fsp3) is 0.529. The Balaban J connectivity index is 2.13. The Kier molecular flexibility index (Phi) is 7.22. The van der Waals surface area contributed by atoms with E-state index in [1.54, 1.807) is 0 Å². The van der Waals surface area contributed by atoms with Crippen LogP contribution < -0.4 is 10.9 Å². The molecule has 0 aromatic carbocycles. The Bertz CT molecular complexity index is 860. The summed E-state index contributed by atoms with van der Waals surface area (Å²) in [5.74, 6) is -0.296. The fourth-order valence-electron chi connectivity index (χ4n) is 2.39. The van der Waals surface area contributed by atoms with Gasteiger partial charge in [0.1, 0.15) is 11.4 Å². The van der Waals surface area contributed by atoms with Crippen molar-refractivity contribution in [3.63, 3.8) is 0 Å². The number of aryl methyl sites for hydroxylation is 1. The van der Waals surface area contributed by atoms with E-state index in [1.165, 1.54) is 18.4 Å². The third-order valence-corrected chi connectivity index (χ3v) is 6.00. The SMILES string of the molecule is CC[C@@H](C)Cc1c(C)sc2nc(SCC(=O)NCC(=O)OC)[nH]c(=O)c12. The summed E-state index contributed by atoms with van der Waals surface area (Å²) in [6.07, 6.45) is 1.91. The number of ether oxygens (including phenoxy) is 1. The number of hydrogen-bond donors (Lipinski definition) is 2. The van der Waals surface area contributed by atoms with E-state index in [9.17, 15) is 14.4 Å². The van der Waals surface area contributed by atoms with Crippen LogP contribution in [0.1, 0.15) is 30.7 Å². The molecule has 2 N–H and O–H groups in total. The molecular formula is C17H23N3O4S2. The van der Waals surface area contributed by atoms with Crippen LogP contribution >= 0.6 is 23.1 Å². The van der Waals surface area contributed by atoms with Gasteiger partial charge < -0.3 is 15.0 Å². The van der Waals surface area contributed by atoms with Crippen LogP contribution in [0.3, 0.4) is 0 Å². The quantitative estimate of drug-likeness (QED) is 0.403. The zero-order valence-electron chi connectivity index (χ0n) is 15.3. The molecular weight excluding hydrogens is 374 g/mol. The monoisotopic (exact) mass is 397 g/mol. The smallest absolute Gasteiger partial charge is 0.325 e. The third kappa shape index (κ3) is 5.07. The second-order valence-corrected chi connectivity index (χ2v) is 8.21. The summed E-state index contributed by atoms with van der Waals surface area (Å²) in [6.45, 7) is 6.14. The van der Waals surface area contributed by atoms with Gasteiger partial charge in [-0.15, -0.1) is 11.3 Å². The van der Waals surface area contributed by atoms with Crippen molar-refractivity contribution in [2.75, 3.05) is 19.4 Å². The fourth-order valence-corrected chi connectivity index (χ4v) is 4.19. The number of amides is 1. The molecule has 0 unspecified atom stereocenters. The van der Waals surface area contributed by atoms with Gasteiger partial charge in [-0.05, 0) is 24.8 Å². The number of aromatic nitrogens is 2. The van der Waals surface area contributed by atoms with Crippen molar-refractivity contribution in [3.8, 4) is 0 Å². The van der Waals surface area contributed by atoms with Crippen molar-refractivity contribution in [1.29, 1.82) is 0 Å². The van der Waals surface area contributed by atoms with Gasteiger partial charge in [-0.1, -0.05) is 32.0 Å². The zero-order valence-corrected chi connectivity index (χ0v) is 16.9. The summed E-state index contributed by atoms with van der Waals surface area (Å²) >= 11 is 2.63. The van der Waals surface area contributed by atoms with Gasteiger partial charge >= 0.3 is 5.97 Å². The van der Waals surface area contributed by atoms with Gasteiger partial charge in [-0.3, -0.25) is 14.4 Å². The van der Waals surface area contributed by atoms with Gasteiger partial charge in [0, 0.05) is 4.88 Å². The summed E-state index contributed by atoms with van der Waals surface area (Å²) in [7, 11) is 1.26. The molecule has 2 aromatic heterocycles. The van der Waals surface area contributed by atoms with E-state index in [2.05, 4.69) is 33.9 Å². The molecule has 0 spiro atoms. The zero-order chi connectivity index (χ0) is 19.3. The minimum atomic E-state index is -0.515. The summed E-state index contributed by atoms with van der Waals surface area (Å²) in [6, 6.07) is 0. The maximum atomic E-state index is 12.5. The molecule has 0 aliphatic rings. The second-order valence-electron chi connectivity index (χ2n) is 6.05. The van der Waals surface area contributed by atoms with Gasteiger partial charge in [0.2, 0.25) is 5.91 Å². The molecule has 7 nitrogen and oxygen atoms in total. The van der Waals surface area contributed by atoms with Crippen molar-refractivity contribution < 1.29 is 14.3 Å². The van der Waals surface area contributed by atoms with E-state index in [1.807, 2.05) is 6.92 Å². The molecule has 0 fully saturated rings. The lowest BCUT2D eigenvalue weighted by Crippen LogP contribution is -2.31. The standard InChI is InChI=1S/C17H23N3O4S2/c1-5-9(2)6-11-10(3)26-16-14(11)15(23)19-17(20-16)25-8-12(21)18-7-13(22)24-4/h9H,5-8H2,1-4H3,(H,18,21)(H,19,20,23)/t9-/m1/s1. The topological polar surface area (TPSA) is 101 Å². The number of fused-ring (bicyclic) bond motifs is 1. The highest BCUT2D eigenvalue weighted by Crippen LogP contribution is 2.30. The second kappa shape index (κ2) is 9.18. The molecule has 9 heteroatoms. The van der Waals surface area contributed by atoms with Crippen LogP contribution in [0.25, 0.3) is 10.2 Å². The van der Waals surface area contributed by atoms with Crippen molar-refractivity contribution in [1.82, 2.24) is 15.3 Å². The Morgan fingerprint density at radius 2 is 2.15 bits per heavy atom. The maximum absolute atomic E-state index is 12.5. The minimum Gasteiger partial charge on any atom is -0.468 e. The van der Waals surface area contributed by atoms with E-state index in [-0.39, 0.29) is 23.8 Å². The molecule has 2 rings (SSSR count). The number of nitrogens with zero attached hydrogens (tertiary/aromatic N) is 1. The molecule has 0 aliphatic heterocycles. The van der Waals surface area contributed by atoms with Crippen LogP contribution in [-0.4, -0.2) is 41.3 Å². The number of carbonyl (C=O) groups excluding carboxylic acids is 2. The van der Waals surface area contributed by atoms with Gasteiger partial charge in [0.15, 0.2) is 5.16 Å². The highest BCUT2D eigenvalue weighted by molar-refractivity contribution is 7.99. The van der Waals surface area contributed by atoms with Crippen LogP contribution in [0.5, 0.6) is 0 Å². The van der Waals surface area contributed by atoms with Gasteiger partial charge in [-0.25, -0.2) is 4.98 Å². The summed E-state index contributed by atoms with van der Waals surface area (Å²) in [5, 5.41) is 3.50. The Hall–Kier alpha value is -1.87. The molecule has 0 aliphatic carbocycles. The lowest BCUT2D eigenvalue weighted by atomic mass is 9.98. The molecule has 0 saturated heterocycles. The molecule has 1 amide bonds. The van der Waals surface area contributed by atoms with Crippen molar-refractivity contribution in [3.05, 3.63) is 20.8 Å². The average Bonchev–Trinajstić information content (AvgIpc) is 2.93. The van der Waals surface area contributed by atoms with E-state index in [4.69, 9.17) is 0 Å². The van der Waals surface area contributed by atoms with Crippen molar-refractivity contribution >= 4 is 45.2 Å². The Labute approximate surface area is 159 Å². The van der Waals surface area contributed by atoms with Crippen LogP contribution in [-0.2, 0) is 20.7 Å². The third-order valence-electron chi connectivity index (χ3n) is 4.09. The predicted octanol–water partition coefficient (Wildman–Crippen LogP) is 2.26.